The normalized spacial score (nSPS) is 12.2. The number of rotatable bonds is 3. The van der Waals surface area contributed by atoms with Crippen molar-refractivity contribution in [1.82, 2.24) is 9.97 Å². The van der Waals surface area contributed by atoms with E-state index in [1.165, 1.54) is 0 Å². The molecule has 2 rings (SSSR count). The second-order valence-electron chi connectivity index (χ2n) is 3.41. The third-order valence-electron chi connectivity index (χ3n) is 2.18. The molecule has 1 aromatic heterocycles. The van der Waals surface area contributed by atoms with Gasteiger partial charge in [-0.05, 0) is 26.0 Å². The van der Waals surface area contributed by atoms with Crippen LogP contribution in [0.3, 0.4) is 0 Å². The van der Waals surface area contributed by atoms with E-state index in [0.29, 0.717) is 12.4 Å². The van der Waals surface area contributed by atoms with E-state index in [-0.39, 0.29) is 12.4 Å². The zero-order chi connectivity index (χ0) is 10.8. The summed E-state index contributed by atoms with van der Waals surface area (Å²) >= 11 is 0. The van der Waals surface area contributed by atoms with Gasteiger partial charge in [0.2, 0.25) is 0 Å². The first-order valence-electron chi connectivity index (χ1n) is 5.01. The number of H-pyrrole nitrogens is 1. The van der Waals surface area contributed by atoms with Gasteiger partial charge in [-0.2, -0.15) is 0 Å². The highest BCUT2D eigenvalue weighted by Crippen LogP contribution is 2.20. The Morgan fingerprint density at radius 3 is 2.88 bits per heavy atom. The van der Waals surface area contributed by atoms with Crippen LogP contribution in [0.5, 0.6) is 5.75 Å². The van der Waals surface area contributed by atoms with Crippen LogP contribution in [0.1, 0.15) is 25.8 Å². The van der Waals surface area contributed by atoms with E-state index < -0.39 is 6.10 Å². The molecule has 1 unspecified atom stereocenters. The summed E-state index contributed by atoms with van der Waals surface area (Å²) in [4.78, 5) is 7.31. The Balaban J connectivity index is 0.00000128. The molecule has 16 heavy (non-hydrogen) atoms. The minimum atomic E-state index is -0.576. The van der Waals surface area contributed by atoms with Crippen LogP contribution in [0, 0.1) is 0 Å². The fourth-order valence-corrected chi connectivity index (χ4v) is 1.46. The van der Waals surface area contributed by atoms with Crippen LogP contribution < -0.4 is 4.74 Å². The molecule has 2 N–H and O–H groups in total. The van der Waals surface area contributed by atoms with Crippen molar-refractivity contribution < 1.29 is 9.84 Å². The number of hydrogen-bond acceptors (Lipinski definition) is 3. The molecule has 0 radical (unpaired) electrons. The average molecular weight is 243 g/mol. The summed E-state index contributed by atoms with van der Waals surface area (Å²) in [6.07, 6.45) is -0.576. The molecule has 0 spiro atoms. The lowest BCUT2D eigenvalue weighted by Crippen LogP contribution is -1.92. The number of aliphatic hydroxyl groups is 1. The zero-order valence-corrected chi connectivity index (χ0v) is 10.0. The molecule has 0 bridgehead atoms. The summed E-state index contributed by atoms with van der Waals surface area (Å²) in [5, 5.41) is 9.37. The van der Waals surface area contributed by atoms with E-state index in [0.717, 1.165) is 16.8 Å². The number of nitrogens with one attached hydrogen (secondary N) is 1. The largest absolute Gasteiger partial charge is 0.494 e. The number of hydrogen-bond donors (Lipinski definition) is 2. The first kappa shape index (κ1) is 12.8. The summed E-state index contributed by atoms with van der Waals surface area (Å²) in [5.74, 6) is 1.39. The van der Waals surface area contributed by atoms with Crippen molar-refractivity contribution in [3.8, 4) is 5.75 Å². The van der Waals surface area contributed by atoms with Gasteiger partial charge in [-0.15, -0.1) is 12.4 Å². The highest BCUT2D eigenvalue weighted by molar-refractivity contribution is 5.85. The maximum atomic E-state index is 9.37. The molecule has 0 fully saturated rings. The maximum absolute atomic E-state index is 9.37. The summed E-state index contributed by atoms with van der Waals surface area (Å²) in [7, 11) is 0. The van der Waals surface area contributed by atoms with Crippen LogP contribution in [0.2, 0.25) is 0 Å². The Labute approximate surface area is 100 Å². The molecule has 0 amide bonds. The Bertz CT molecular complexity index is 468. The fraction of sp³-hybridized carbons (Fsp3) is 0.364. The van der Waals surface area contributed by atoms with Crippen molar-refractivity contribution in [3.63, 3.8) is 0 Å². The van der Waals surface area contributed by atoms with E-state index >= 15 is 0 Å². The van der Waals surface area contributed by atoms with E-state index in [1.807, 2.05) is 25.1 Å². The van der Waals surface area contributed by atoms with Crippen molar-refractivity contribution in [2.45, 2.75) is 20.0 Å². The smallest absolute Gasteiger partial charge is 0.135 e. The van der Waals surface area contributed by atoms with E-state index in [1.54, 1.807) is 6.92 Å². The Morgan fingerprint density at radius 1 is 1.50 bits per heavy atom. The molecule has 0 aliphatic carbocycles. The van der Waals surface area contributed by atoms with Crippen LogP contribution >= 0.6 is 12.4 Å². The molecule has 1 atom stereocenters. The molecule has 1 aromatic carbocycles. The number of aromatic nitrogens is 2. The van der Waals surface area contributed by atoms with Gasteiger partial charge in [-0.25, -0.2) is 4.98 Å². The number of nitrogens with zero attached hydrogens (tertiary/aromatic N) is 1. The van der Waals surface area contributed by atoms with Crippen molar-refractivity contribution in [2.24, 2.45) is 0 Å². The Kier molecular flexibility index (Phi) is 4.15. The summed E-state index contributed by atoms with van der Waals surface area (Å²) in [5.41, 5.74) is 1.73. The first-order chi connectivity index (χ1) is 7.20. The van der Waals surface area contributed by atoms with Gasteiger partial charge < -0.3 is 14.8 Å². The minimum absolute atomic E-state index is 0. The lowest BCUT2D eigenvalue weighted by Gasteiger charge is -2.00. The third-order valence-corrected chi connectivity index (χ3v) is 2.18. The van der Waals surface area contributed by atoms with Crippen molar-refractivity contribution >= 4 is 23.4 Å². The second kappa shape index (κ2) is 5.18. The molecular formula is C11H15ClN2O2. The van der Waals surface area contributed by atoms with Crippen LogP contribution in [-0.2, 0) is 0 Å². The molecule has 0 saturated carbocycles. The number of imidazole rings is 1. The van der Waals surface area contributed by atoms with Gasteiger partial charge in [-0.3, -0.25) is 0 Å². The molecule has 0 aliphatic rings. The summed E-state index contributed by atoms with van der Waals surface area (Å²) in [6, 6.07) is 5.64. The number of fused-ring (bicyclic) bond motifs is 1. The Hall–Kier alpha value is -1.26. The van der Waals surface area contributed by atoms with Crippen LogP contribution in [-0.4, -0.2) is 21.7 Å². The highest BCUT2D eigenvalue weighted by Gasteiger charge is 2.07. The van der Waals surface area contributed by atoms with Gasteiger partial charge in [0.1, 0.15) is 17.7 Å². The van der Waals surface area contributed by atoms with Gasteiger partial charge in [0, 0.05) is 6.07 Å². The van der Waals surface area contributed by atoms with Crippen LogP contribution in [0.15, 0.2) is 18.2 Å². The average Bonchev–Trinajstić information content (AvgIpc) is 2.61. The quantitative estimate of drug-likeness (QED) is 0.869. The van der Waals surface area contributed by atoms with E-state index in [2.05, 4.69) is 9.97 Å². The van der Waals surface area contributed by atoms with E-state index in [4.69, 9.17) is 4.74 Å². The molecule has 4 nitrogen and oxygen atoms in total. The maximum Gasteiger partial charge on any atom is 0.135 e. The monoisotopic (exact) mass is 242 g/mol. The predicted molar refractivity (Wildman–Crippen MR) is 65.1 cm³/mol. The second-order valence-corrected chi connectivity index (χ2v) is 3.41. The van der Waals surface area contributed by atoms with Crippen molar-refractivity contribution in [2.75, 3.05) is 6.61 Å². The van der Waals surface area contributed by atoms with Gasteiger partial charge >= 0.3 is 0 Å². The fourth-order valence-electron chi connectivity index (χ4n) is 1.46. The van der Waals surface area contributed by atoms with Gasteiger partial charge in [0.15, 0.2) is 0 Å². The molecule has 0 saturated heterocycles. The number of ether oxygens (including phenoxy) is 1. The number of benzene rings is 1. The zero-order valence-electron chi connectivity index (χ0n) is 9.23. The van der Waals surface area contributed by atoms with E-state index in [9.17, 15) is 5.11 Å². The summed E-state index contributed by atoms with van der Waals surface area (Å²) in [6.45, 7) is 4.27. The molecule has 88 valence electrons. The highest BCUT2D eigenvalue weighted by atomic mass is 35.5. The van der Waals surface area contributed by atoms with Gasteiger partial charge in [-0.1, -0.05) is 0 Å². The van der Waals surface area contributed by atoms with Crippen molar-refractivity contribution in [1.29, 1.82) is 0 Å². The van der Waals surface area contributed by atoms with Crippen LogP contribution in [0.4, 0.5) is 0 Å². The predicted octanol–water partition coefficient (Wildman–Crippen LogP) is 2.44. The molecule has 2 aromatic rings. The molecule has 5 heteroatoms. The van der Waals surface area contributed by atoms with Gasteiger partial charge in [0.25, 0.3) is 0 Å². The number of aliphatic hydroxyl groups excluding tert-OH is 1. The summed E-state index contributed by atoms with van der Waals surface area (Å²) < 4.78 is 5.37. The topological polar surface area (TPSA) is 58.1 Å². The van der Waals surface area contributed by atoms with Crippen molar-refractivity contribution in [3.05, 3.63) is 24.0 Å². The standard InChI is InChI=1S/C11H14N2O2.ClH/c1-3-15-8-4-5-9-10(6-8)13-11(12-9)7(2)14;/h4-7,14H,3H2,1-2H3,(H,12,13);1H. The van der Waals surface area contributed by atoms with Crippen LogP contribution in [0.25, 0.3) is 11.0 Å². The molecule has 0 aliphatic heterocycles. The first-order valence-corrected chi connectivity index (χ1v) is 5.01. The molecular weight excluding hydrogens is 228 g/mol. The van der Waals surface area contributed by atoms with Gasteiger partial charge in [0.05, 0.1) is 17.6 Å². The lowest BCUT2D eigenvalue weighted by molar-refractivity contribution is 0.190. The number of halogens is 1. The Morgan fingerprint density at radius 2 is 2.25 bits per heavy atom. The lowest BCUT2D eigenvalue weighted by atomic mass is 10.3. The number of aromatic amines is 1. The third kappa shape index (κ3) is 2.46. The minimum Gasteiger partial charge on any atom is -0.494 e. The molecule has 1 heterocycles. The SMILES string of the molecule is CCOc1ccc2nc(C(C)O)[nH]c2c1.Cl.